The van der Waals surface area contributed by atoms with Crippen LogP contribution in [0.3, 0.4) is 0 Å². The van der Waals surface area contributed by atoms with Gasteiger partial charge in [-0.3, -0.25) is 0 Å². The van der Waals surface area contributed by atoms with Gasteiger partial charge >= 0.3 is 0 Å². The second-order valence-corrected chi connectivity index (χ2v) is 6.88. The molecule has 0 atom stereocenters. The van der Waals surface area contributed by atoms with Crippen molar-refractivity contribution in [1.29, 1.82) is 0 Å². The second-order valence-electron chi connectivity index (χ2n) is 5.60. The number of nitrogens with one attached hydrogen (secondary N) is 1. The number of thioether (sulfide) groups is 1. The molecule has 2 aliphatic carbocycles. The smallest absolute Gasteiger partial charge is 0.0281 e. The Hall–Kier alpha value is 0.310. The standard InChI is InChI=1S/C13H25NS/c1-11-8-12(9-11)14-10-13(15-2)6-4-3-5-7-13/h11-12,14H,3-10H2,1-2H3. The van der Waals surface area contributed by atoms with Crippen LogP contribution in [0.5, 0.6) is 0 Å². The maximum atomic E-state index is 3.79. The zero-order chi connectivity index (χ0) is 10.7. The van der Waals surface area contributed by atoms with Crippen LogP contribution in [0.25, 0.3) is 0 Å². The van der Waals surface area contributed by atoms with E-state index in [-0.39, 0.29) is 0 Å². The van der Waals surface area contributed by atoms with Gasteiger partial charge < -0.3 is 5.32 Å². The summed E-state index contributed by atoms with van der Waals surface area (Å²) in [5, 5.41) is 3.79. The lowest BCUT2D eigenvalue weighted by Gasteiger charge is -2.40. The van der Waals surface area contributed by atoms with E-state index in [0.717, 1.165) is 12.0 Å². The lowest BCUT2D eigenvalue weighted by atomic mass is 9.81. The molecule has 2 rings (SSSR count). The predicted octanol–water partition coefficient (Wildman–Crippen LogP) is 3.44. The third-order valence-corrected chi connectivity index (χ3v) is 5.70. The summed E-state index contributed by atoms with van der Waals surface area (Å²) < 4.78 is 0.580. The number of hydrogen-bond acceptors (Lipinski definition) is 2. The minimum Gasteiger partial charge on any atom is -0.313 e. The Morgan fingerprint density at radius 1 is 1.20 bits per heavy atom. The van der Waals surface area contributed by atoms with Crippen LogP contribution < -0.4 is 5.32 Å². The van der Waals surface area contributed by atoms with Gasteiger partial charge in [0, 0.05) is 17.3 Å². The fraction of sp³-hybridized carbons (Fsp3) is 1.00. The molecule has 15 heavy (non-hydrogen) atoms. The summed E-state index contributed by atoms with van der Waals surface area (Å²) >= 11 is 2.11. The van der Waals surface area contributed by atoms with Crippen molar-refractivity contribution >= 4 is 11.8 Å². The Kier molecular flexibility index (Phi) is 4.00. The fourth-order valence-electron chi connectivity index (χ4n) is 3.05. The largest absolute Gasteiger partial charge is 0.313 e. The van der Waals surface area contributed by atoms with E-state index in [1.165, 1.54) is 51.5 Å². The van der Waals surface area contributed by atoms with Gasteiger partial charge in [0.2, 0.25) is 0 Å². The number of rotatable bonds is 4. The van der Waals surface area contributed by atoms with Crippen molar-refractivity contribution in [2.45, 2.75) is 62.7 Å². The highest BCUT2D eigenvalue weighted by Crippen LogP contribution is 2.38. The van der Waals surface area contributed by atoms with Gasteiger partial charge in [-0.1, -0.05) is 26.2 Å². The summed E-state index contributed by atoms with van der Waals surface area (Å²) in [4.78, 5) is 0. The van der Waals surface area contributed by atoms with Crippen LogP contribution >= 0.6 is 11.8 Å². The maximum absolute atomic E-state index is 3.79. The van der Waals surface area contributed by atoms with E-state index in [9.17, 15) is 0 Å². The zero-order valence-electron chi connectivity index (χ0n) is 10.2. The first-order chi connectivity index (χ1) is 7.24. The Morgan fingerprint density at radius 2 is 1.87 bits per heavy atom. The molecular formula is C13H25NS. The Balaban J connectivity index is 1.74. The summed E-state index contributed by atoms with van der Waals surface area (Å²) in [6, 6.07) is 0.839. The predicted molar refractivity (Wildman–Crippen MR) is 69.5 cm³/mol. The topological polar surface area (TPSA) is 12.0 Å². The van der Waals surface area contributed by atoms with E-state index >= 15 is 0 Å². The first-order valence-corrected chi connectivity index (χ1v) is 7.75. The minimum absolute atomic E-state index is 0.580. The molecule has 2 saturated carbocycles. The van der Waals surface area contributed by atoms with Crippen LogP contribution in [0.2, 0.25) is 0 Å². The van der Waals surface area contributed by atoms with Crippen LogP contribution in [0.1, 0.15) is 51.9 Å². The monoisotopic (exact) mass is 227 g/mol. The van der Waals surface area contributed by atoms with E-state index in [4.69, 9.17) is 0 Å². The molecule has 1 nitrogen and oxygen atoms in total. The quantitative estimate of drug-likeness (QED) is 0.789. The maximum Gasteiger partial charge on any atom is 0.0281 e. The molecule has 0 heterocycles. The molecule has 0 amide bonds. The van der Waals surface area contributed by atoms with Gasteiger partial charge in [-0.25, -0.2) is 0 Å². The molecule has 0 unspecified atom stereocenters. The molecule has 0 radical (unpaired) electrons. The SMILES string of the molecule is CSC1(CNC2CC(C)C2)CCCCC1. The normalized spacial score (nSPS) is 34.8. The molecule has 0 aromatic rings. The van der Waals surface area contributed by atoms with Crippen molar-refractivity contribution in [2.24, 2.45) is 5.92 Å². The van der Waals surface area contributed by atoms with Crippen molar-refractivity contribution in [1.82, 2.24) is 5.32 Å². The lowest BCUT2D eigenvalue weighted by Crippen LogP contribution is -2.47. The second kappa shape index (κ2) is 5.09. The molecule has 2 heteroatoms. The highest BCUT2D eigenvalue weighted by atomic mass is 32.2. The summed E-state index contributed by atoms with van der Waals surface area (Å²) in [5.41, 5.74) is 0. The van der Waals surface area contributed by atoms with Crippen molar-refractivity contribution < 1.29 is 0 Å². The Bertz CT molecular complexity index is 193. The third kappa shape index (κ3) is 2.91. The first kappa shape index (κ1) is 11.8. The van der Waals surface area contributed by atoms with Crippen molar-refractivity contribution in [2.75, 3.05) is 12.8 Å². The van der Waals surface area contributed by atoms with Crippen LogP contribution in [0.4, 0.5) is 0 Å². The van der Waals surface area contributed by atoms with Crippen molar-refractivity contribution in [3.63, 3.8) is 0 Å². The summed E-state index contributed by atoms with van der Waals surface area (Å²) in [6.45, 7) is 3.62. The summed E-state index contributed by atoms with van der Waals surface area (Å²) in [5.74, 6) is 0.971. The fourth-order valence-corrected chi connectivity index (χ4v) is 3.97. The van der Waals surface area contributed by atoms with Gasteiger partial charge in [0.05, 0.1) is 0 Å². The molecule has 1 N–H and O–H groups in total. The molecule has 0 aromatic heterocycles. The van der Waals surface area contributed by atoms with E-state index in [1.807, 2.05) is 0 Å². The minimum atomic E-state index is 0.580. The van der Waals surface area contributed by atoms with Gasteiger partial charge in [-0.15, -0.1) is 0 Å². The third-order valence-electron chi connectivity index (χ3n) is 4.28. The molecule has 0 aliphatic heterocycles. The lowest BCUT2D eigenvalue weighted by molar-refractivity contribution is 0.228. The Morgan fingerprint density at radius 3 is 2.40 bits per heavy atom. The van der Waals surface area contributed by atoms with Gasteiger partial charge in [-0.2, -0.15) is 11.8 Å². The first-order valence-electron chi connectivity index (χ1n) is 6.53. The van der Waals surface area contributed by atoms with Gasteiger partial charge in [0.15, 0.2) is 0 Å². The number of hydrogen-bond donors (Lipinski definition) is 1. The van der Waals surface area contributed by atoms with E-state index in [1.54, 1.807) is 0 Å². The van der Waals surface area contributed by atoms with Crippen LogP contribution in [0, 0.1) is 5.92 Å². The Labute approximate surface area is 98.8 Å². The molecule has 0 spiro atoms. The summed E-state index contributed by atoms with van der Waals surface area (Å²) in [7, 11) is 0. The molecule has 2 fully saturated rings. The van der Waals surface area contributed by atoms with Crippen LogP contribution in [-0.2, 0) is 0 Å². The van der Waals surface area contributed by atoms with Crippen LogP contribution in [0.15, 0.2) is 0 Å². The van der Waals surface area contributed by atoms with E-state index in [0.29, 0.717) is 4.75 Å². The molecule has 0 saturated heterocycles. The molecule has 0 aromatic carbocycles. The van der Waals surface area contributed by atoms with Crippen molar-refractivity contribution in [3.05, 3.63) is 0 Å². The van der Waals surface area contributed by atoms with Gasteiger partial charge in [0.1, 0.15) is 0 Å². The van der Waals surface area contributed by atoms with Gasteiger partial charge in [0.25, 0.3) is 0 Å². The zero-order valence-corrected chi connectivity index (χ0v) is 11.0. The van der Waals surface area contributed by atoms with Gasteiger partial charge in [-0.05, 0) is 37.9 Å². The van der Waals surface area contributed by atoms with E-state index in [2.05, 4.69) is 30.3 Å². The summed E-state index contributed by atoms with van der Waals surface area (Å²) in [6.07, 6.45) is 12.3. The molecule has 2 aliphatic rings. The average Bonchev–Trinajstić information content (AvgIpc) is 2.24. The van der Waals surface area contributed by atoms with Crippen molar-refractivity contribution in [3.8, 4) is 0 Å². The van der Waals surface area contributed by atoms with E-state index < -0.39 is 0 Å². The highest BCUT2D eigenvalue weighted by molar-refractivity contribution is 8.00. The average molecular weight is 227 g/mol. The molecule has 88 valence electrons. The molecular weight excluding hydrogens is 202 g/mol. The highest BCUT2D eigenvalue weighted by Gasteiger charge is 2.33. The molecule has 0 bridgehead atoms. The van der Waals surface area contributed by atoms with Crippen LogP contribution in [-0.4, -0.2) is 23.6 Å².